The monoisotopic (exact) mass is 543 g/mol. The molecular weight excluding hydrogens is 510 g/mol. The number of amides is 2. The van der Waals surface area contributed by atoms with Gasteiger partial charge in [0, 0.05) is 54.2 Å². The van der Waals surface area contributed by atoms with Gasteiger partial charge in [0.25, 0.3) is 11.6 Å². The number of ether oxygens (including phenoxy) is 1. The van der Waals surface area contributed by atoms with Crippen LogP contribution in [-0.2, 0) is 11.2 Å². The van der Waals surface area contributed by atoms with Crippen molar-refractivity contribution in [2.24, 2.45) is 0 Å². The van der Waals surface area contributed by atoms with Crippen LogP contribution in [0.3, 0.4) is 0 Å². The van der Waals surface area contributed by atoms with Crippen LogP contribution in [0.1, 0.15) is 53.6 Å². The Labute approximate surface area is 232 Å². The number of nitrogens with zero attached hydrogens (tertiary/aromatic N) is 1. The van der Waals surface area contributed by atoms with E-state index >= 15 is 0 Å². The molecule has 208 valence electrons. The van der Waals surface area contributed by atoms with Gasteiger partial charge in [0.05, 0.1) is 23.4 Å². The quantitative estimate of drug-likeness (QED) is 0.0748. The van der Waals surface area contributed by atoms with Gasteiger partial charge in [-0.1, -0.05) is 31.0 Å². The topological polar surface area (TPSA) is 152 Å². The molecule has 1 heterocycles. The zero-order valence-electron chi connectivity index (χ0n) is 22.4. The Balaban J connectivity index is 1.22. The van der Waals surface area contributed by atoms with Crippen molar-refractivity contribution in [3.8, 4) is 5.75 Å². The summed E-state index contributed by atoms with van der Waals surface area (Å²) in [7, 11) is 1.55. The molecule has 40 heavy (non-hydrogen) atoms. The smallest absolute Gasteiger partial charge is 0.270 e. The van der Waals surface area contributed by atoms with Crippen LogP contribution in [0, 0.1) is 10.1 Å². The molecule has 0 bridgehead atoms. The molecule has 0 unspecified atom stereocenters. The first-order valence-electron chi connectivity index (χ1n) is 13.2. The number of nitro benzene ring substituents is 1. The molecule has 0 aliphatic carbocycles. The first-order valence-corrected chi connectivity index (χ1v) is 13.2. The van der Waals surface area contributed by atoms with Crippen LogP contribution in [0.5, 0.6) is 5.75 Å². The summed E-state index contributed by atoms with van der Waals surface area (Å²) in [6.07, 6.45) is 6.08. The molecule has 0 saturated heterocycles. The van der Waals surface area contributed by atoms with Crippen LogP contribution in [0.25, 0.3) is 10.9 Å². The molecule has 4 rings (SSSR count). The fraction of sp³-hybridized carbons (Fsp3) is 0.267. The normalized spacial score (nSPS) is 10.8. The fourth-order valence-electron chi connectivity index (χ4n) is 4.55. The number of fused-ring (bicyclic) bond motifs is 1. The number of aromatic nitrogens is 1. The van der Waals surface area contributed by atoms with Gasteiger partial charge < -0.3 is 26.1 Å². The third-order valence-corrected chi connectivity index (χ3v) is 6.74. The molecule has 0 aliphatic rings. The van der Waals surface area contributed by atoms with Gasteiger partial charge in [-0.05, 0) is 54.3 Å². The molecule has 0 saturated carbocycles. The van der Waals surface area contributed by atoms with Gasteiger partial charge in [0.2, 0.25) is 5.91 Å². The predicted octanol–water partition coefficient (Wildman–Crippen LogP) is 5.58. The van der Waals surface area contributed by atoms with E-state index in [9.17, 15) is 19.7 Å². The number of anilines is 2. The fourth-order valence-corrected chi connectivity index (χ4v) is 4.55. The Morgan fingerprint density at radius 2 is 1.80 bits per heavy atom. The highest BCUT2D eigenvalue weighted by molar-refractivity contribution is 5.95. The number of benzene rings is 3. The summed E-state index contributed by atoms with van der Waals surface area (Å²) in [6.45, 7) is 0.532. The molecule has 2 amide bonds. The Hall–Kier alpha value is -4.86. The van der Waals surface area contributed by atoms with Crippen molar-refractivity contribution in [1.82, 2.24) is 10.3 Å². The Kier molecular flexibility index (Phi) is 9.35. The van der Waals surface area contributed by atoms with Crippen molar-refractivity contribution in [3.63, 3.8) is 0 Å². The van der Waals surface area contributed by atoms with Crippen molar-refractivity contribution in [1.29, 1.82) is 0 Å². The van der Waals surface area contributed by atoms with Gasteiger partial charge >= 0.3 is 0 Å². The molecule has 0 radical (unpaired) electrons. The maximum atomic E-state index is 12.7. The highest BCUT2D eigenvalue weighted by Gasteiger charge is 2.15. The molecule has 10 nitrogen and oxygen atoms in total. The molecule has 1 aromatic heterocycles. The third-order valence-electron chi connectivity index (χ3n) is 6.74. The van der Waals surface area contributed by atoms with E-state index in [1.54, 1.807) is 43.5 Å². The Morgan fingerprint density at radius 3 is 2.58 bits per heavy atom. The number of hydrogen-bond acceptors (Lipinski definition) is 6. The van der Waals surface area contributed by atoms with Crippen LogP contribution in [0.15, 0.2) is 66.9 Å². The predicted molar refractivity (Wildman–Crippen MR) is 156 cm³/mol. The van der Waals surface area contributed by atoms with E-state index in [1.807, 2.05) is 24.4 Å². The molecule has 10 heteroatoms. The lowest BCUT2D eigenvalue weighted by molar-refractivity contribution is -0.384. The summed E-state index contributed by atoms with van der Waals surface area (Å²) in [4.78, 5) is 38.7. The zero-order chi connectivity index (χ0) is 28.5. The molecule has 0 spiro atoms. The van der Waals surface area contributed by atoms with Crippen LogP contribution >= 0.6 is 0 Å². The number of aromatic amines is 1. The van der Waals surface area contributed by atoms with E-state index in [0.717, 1.165) is 47.7 Å². The van der Waals surface area contributed by atoms with Crippen molar-refractivity contribution >= 4 is 39.8 Å². The number of H-pyrrole nitrogens is 1. The van der Waals surface area contributed by atoms with Crippen molar-refractivity contribution in [2.45, 2.75) is 38.5 Å². The van der Waals surface area contributed by atoms with Crippen molar-refractivity contribution in [3.05, 3.63) is 93.7 Å². The number of rotatable bonds is 13. The van der Waals surface area contributed by atoms with Crippen LogP contribution in [0.4, 0.5) is 17.1 Å². The van der Waals surface area contributed by atoms with E-state index in [0.29, 0.717) is 42.1 Å². The first-order chi connectivity index (χ1) is 19.4. The number of carbonyl (C=O) groups excluding carboxylic acids is 2. The molecular formula is C30H33N5O5. The summed E-state index contributed by atoms with van der Waals surface area (Å²) in [6, 6.07) is 17.2. The summed E-state index contributed by atoms with van der Waals surface area (Å²) in [5, 5.41) is 17.7. The van der Waals surface area contributed by atoms with Gasteiger partial charge in [0.15, 0.2) is 0 Å². The van der Waals surface area contributed by atoms with Crippen molar-refractivity contribution in [2.75, 3.05) is 24.7 Å². The lowest BCUT2D eigenvalue weighted by Crippen LogP contribution is -2.24. The number of unbranched alkanes of at least 4 members (excludes halogenated alkanes) is 3. The van der Waals surface area contributed by atoms with Gasteiger partial charge in [-0.25, -0.2) is 0 Å². The van der Waals surface area contributed by atoms with E-state index in [1.165, 1.54) is 6.07 Å². The number of nitrogens with one attached hydrogen (secondary N) is 3. The number of para-hydroxylation sites is 2. The zero-order valence-corrected chi connectivity index (χ0v) is 22.4. The molecule has 4 aromatic rings. The lowest BCUT2D eigenvalue weighted by atomic mass is 10.0. The van der Waals surface area contributed by atoms with E-state index < -0.39 is 4.92 Å². The second-order valence-electron chi connectivity index (χ2n) is 9.56. The van der Waals surface area contributed by atoms with E-state index in [4.69, 9.17) is 10.5 Å². The minimum absolute atomic E-state index is 0.0338. The van der Waals surface area contributed by atoms with Crippen LogP contribution in [0.2, 0.25) is 0 Å². The molecule has 0 aliphatic heterocycles. The van der Waals surface area contributed by atoms with Crippen LogP contribution < -0.4 is 21.1 Å². The third kappa shape index (κ3) is 7.16. The second-order valence-corrected chi connectivity index (χ2v) is 9.56. The average molecular weight is 544 g/mol. The van der Waals surface area contributed by atoms with E-state index in [-0.39, 0.29) is 17.5 Å². The summed E-state index contributed by atoms with van der Waals surface area (Å²) in [5.74, 6) is 0.324. The second kappa shape index (κ2) is 13.3. The van der Waals surface area contributed by atoms with Crippen molar-refractivity contribution < 1.29 is 19.2 Å². The Bertz CT molecular complexity index is 1510. The van der Waals surface area contributed by atoms with Gasteiger partial charge in [-0.15, -0.1) is 0 Å². The molecule has 0 fully saturated rings. The number of nitro groups is 1. The number of non-ortho nitro benzene ring substituents is 1. The Morgan fingerprint density at radius 1 is 1.00 bits per heavy atom. The maximum absolute atomic E-state index is 12.7. The number of methoxy groups -OCH3 is 1. The average Bonchev–Trinajstić information content (AvgIpc) is 3.35. The minimum Gasteiger partial charge on any atom is -0.496 e. The minimum atomic E-state index is -0.410. The summed E-state index contributed by atoms with van der Waals surface area (Å²) < 4.78 is 5.55. The highest BCUT2D eigenvalue weighted by Crippen LogP contribution is 2.29. The molecule has 3 aromatic carbocycles. The summed E-state index contributed by atoms with van der Waals surface area (Å²) in [5.41, 5.74) is 10.1. The van der Waals surface area contributed by atoms with Gasteiger partial charge in [0.1, 0.15) is 5.75 Å². The first kappa shape index (κ1) is 28.2. The molecule has 5 N–H and O–H groups in total. The maximum Gasteiger partial charge on any atom is 0.270 e. The number of carbonyl (C=O) groups is 2. The standard InChI is InChI=1S/C30H33N5O5/c1-40-28-17-21(12-11-20(28)16-22-19-33-26-14-13-23(35(38)39)18-24(22)26)30(37)32-15-7-3-2-4-10-29(36)34-27-9-6-5-8-25(27)31/h5-6,8-9,11-14,17-19,33H,2-4,7,10,15-16,31H2,1H3,(H,32,37)(H,34,36). The largest absolute Gasteiger partial charge is 0.496 e. The van der Waals surface area contributed by atoms with E-state index in [2.05, 4.69) is 15.6 Å². The number of nitrogens with two attached hydrogens (primary N) is 1. The summed E-state index contributed by atoms with van der Waals surface area (Å²) >= 11 is 0. The lowest BCUT2D eigenvalue weighted by Gasteiger charge is -2.11. The number of nitrogen functional groups attached to an aromatic ring is 1. The SMILES string of the molecule is COc1cc(C(=O)NCCCCCCC(=O)Nc2ccccc2N)ccc1Cc1c[nH]c2ccc([N+](=O)[O-])cc12. The molecule has 0 atom stereocenters. The van der Waals surface area contributed by atoms with Gasteiger partial charge in [-0.2, -0.15) is 0 Å². The number of hydrogen-bond donors (Lipinski definition) is 4. The van der Waals surface area contributed by atoms with Crippen LogP contribution in [-0.4, -0.2) is 35.4 Å². The van der Waals surface area contributed by atoms with Gasteiger partial charge in [-0.3, -0.25) is 19.7 Å². The highest BCUT2D eigenvalue weighted by atomic mass is 16.6.